The van der Waals surface area contributed by atoms with Gasteiger partial charge in [-0.25, -0.2) is 0 Å². The van der Waals surface area contributed by atoms with E-state index in [2.05, 4.69) is 85.6 Å². The molecule has 0 aliphatic carbocycles. The maximum absolute atomic E-state index is 13.6. The quantitative estimate of drug-likeness (QED) is 0.307. The van der Waals surface area contributed by atoms with Gasteiger partial charge in [0.2, 0.25) is 0 Å². The minimum atomic E-state index is 0.00817. The van der Waals surface area contributed by atoms with Crippen molar-refractivity contribution in [3.8, 4) is 22.3 Å². The number of hydrogen-bond donors (Lipinski definition) is 0. The fourth-order valence-corrected chi connectivity index (χ4v) is 4.97. The van der Waals surface area contributed by atoms with Crippen LogP contribution in [-0.4, -0.2) is 28.9 Å². The van der Waals surface area contributed by atoms with E-state index in [1.165, 1.54) is 33.4 Å². The Hall–Kier alpha value is -3.46. The molecular formula is C30H32N2O. The SMILES string of the molecule is CCc1c(-c2ccccc2)c(-c2ccccc2)c(CC)c2c(C(=O)N(CC)CC)nccc12. The molecule has 0 spiro atoms. The first-order valence-corrected chi connectivity index (χ1v) is 12.0. The Labute approximate surface area is 197 Å². The zero-order chi connectivity index (χ0) is 23.4. The molecule has 0 saturated heterocycles. The number of aromatic nitrogens is 1. The van der Waals surface area contributed by atoms with Crippen LogP contribution in [0.3, 0.4) is 0 Å². The van der Waals surface area contributed by atoms with E-state index in [-0.39, 0.29) is 5.91 Å². The van der Waals surface area contributed by atoms with Gasteiger partial charge in [0.05, 0.1) is 0 Å². The average Bonchev–Trinajstić information content (AvgIpc) is 2.88. The molecule has 4 rings (SSSR count). The number of fused-ring (bicyclic) bond motifs is 1. The maximum atomic E-state index is 13.6. The number of carbonyl (C=O) groups excluding carboxylic acids is 1. The van der Waals surface area contributed by atoms with Crippen LogP contribution in [-0.2, 0) is 12.8 Å². The van der Waals surface area contributed by atoms with Crippen molar-refractivity contribution in [2.45, 2.75) is 40.5 Å². The molecule has 0 atom stereocenters. The molecular weight excluding hydrogens is 404 g/mol. The highest BCUT2D eigenvalue weighted by Crippen LogP contribution is 2.44. The smallest absolute Gasteiger partial charge is 0.273 e. The third-order valence-corrected chi connectivity index (χ3v) is 6.52. The van der Waals surface area contributed by atoms with E-state index in [0.29, 0.717) is 18.8 Å². The van der Waals surface area contributed by atoms with Gasteiger partial charge in [0.15, 0.2) is 0 Å². The molecule has 0 fully saturated rings. The summed E-state index contributed by atoms with van der Waals surface area (Å²) < 4.78 is 0. The third-order valence-electron chi connectivity index (χ3n) is 6.52. The molecule has 168 valence electrons. The minimum absolute atomic E-state index is 0.00817. The lowest BCUT2D eigenvalue weighted by molar-refractivity contribution is 0.0769. The Kier molecular flexibility index (Phi) is 6.88. The molecule has 3 heteroatoms. The molecule has 0 bridgehead atoms. The number of pyridine rings is 1. The van der Waals surface area contributed by atoms with Crippen molar-refractivity contribution in [2.24, 2.45) is 0 Å². The lowest BCUT2D eigenvalue weighted by Crippen LogP contribution is -2.31. The predicted octanol–water partition coefficient (Wildman–Crippen LogP) is 7.18. The van der Waals surface area contributed by atoms with Gasteiger partial charge in [-0.2, -0.15) is 0 Å². The van der Waals surface area contributed by atoms with Gasteiger partial charge in [0.25, 0.3) is 5.91 Å². The zero-order valence-corrected chi connectivity index (χ0v) is 20.1. The Morgan fingerprint density at radius 2 is 1.24 bits per heavy atom. The Bertz CT molecular complexity index is 1260. The van der Waals surface area contributed by atoms with Gasteiger partial charge in [-0.05, 0) is 71.5 Å². The normalized spacial score (nSPS) is 11.0. The number of benzene rings is 3. The summed E-state index contributed by atoms with van der Waals surface area (Å²) in [7, 11) is 0. The van der Waals surface area contributed by atoms with Crippen LogP contribution in [0, 0.1) is 0 Å². The van der Waals surface area contributed by atoms with Crippen molar-refractivity contribution in [3.05, 3.63) is 89.7 Å². The van der Waals surface area contributed by atoms with E-state index < -0.39 is 0 Å². The number of aryl methyl sites for hydroxylation is 2. The number of nitrogens with zero attached hydrogens (tertiary/aromatic N) is 2. The van der Waals surface area contributed by atoms with Crippen molar-refractivity contribution < 1.29 is 4.79 Å². The van der Waals surface area contributed by atoms with Gasteiger partial charge in [-0.3, -0.25) is 9.78 Å². The summed E-state index contributed by atoms with van der Waals surface area (Å²) in [6.07, 6.45) is 3.48. The number of carbonyl (C=O) groups is 1. The molecule has 0 aliphatic heterocycles. The first-order valence-electron chi connectivity index (χ1n) is 12.0. The van der Waals surface area contributed by atoms with Crippen molar-refractivity contribution in [1.82, 2.24) is 9.88 Å². The second kappa shape index (κ2) is 9.99. The third kappa shape index (κ3) is 4.04. The maximum Gasteiger partial charge on any atom is 0.273 e. The van der Waals surface area contributed by atoms with Crippen LogP contribution in [0.15, 0.2) is 72.9 Å². The highest BCUT2D eigenvalue weighted by molar-refractivity contribution is 6.12. The Balaban J connectivity index is 2.20. The summed E-state index contributed by atoms with van der Waals surface area (Å²) in [5, 5.41) is 2.14. The molecule has 0 N–H and O–H groups in total. The molecule has 0 radical (unpaired) electrons. The molecule has 0 unspecified atom stereocenters. The van der Waals surface area contributed by atoms with Crippen LogP contribution >= 0.6 is 0 Å². The van der Waals surface area contributed by atoms with Gasteiger partial charge < -0.3 is 4.90 Å². The van der Waals surface area contributed by atoms with E-state index in [1.54, 1.807) is 6.20 Å². The van der Waals surface area contributed by atoms with E-state index in [1.807, 2.05) is 18.7 Å². The number of rotatable bonds is 7. The van der Waals surface area contributed by atoms with Crippen molar-refractivity contribution in [3.63, 3.8) is 0 Å². The van der Waals surface area contributed by atoms with Crippen LogP contribution in [0.1, 0.15) is 49.3 Å². The van der Waals surface area contributed by atoms with E-state index in [9.17, 15) is 4.79 Å². The summed E-state index contributed by atoms with van der Waals surface area (Å²) in [6.45, 7) is 9.77. The van der Waals surface area contributed by atoms with Crippen LogP contribution in [0.5, 0.6) is 0 Å². The monoisotopic (exact) mass is 436 g/mol. The van der Waals surface area contributed by atoms with Gasteiger partial charge in [0.1, 0.15) is 5.69 Å². The molecule has 1 heterocycles. The fraction of sp³-hybridized carbons (Fsp3) is 0.267. The second-order valence-electron chi connectivity index (χ2n) is 8.21. The molecule has 3 nitrogen and oxygen atoms in total. The summed E-state index contributed by atoms with van der Waals surface area (Å²) in [6, 6.07) is 23.3. The van der Waals surface area contributed by atoms with Crippen molar-refractivity contribution >= 4 is 16.7 Å². The van der Waals surface area contributed by atoms with Crippen LogP contribution < -0.4 is 0 Å². The average molecular weight is 437 g/mol. The molecule has 0 saturated carbocycles. The van der Waals surface area contributed by atoms with E-state index >= 15 is 0 Å². The van der Waals surface area contributed by atoms with Crippen LogP contribution in [0.2, 0.25) is 0 Å². The van der Waals surface area contributed by atoms with Gasteiger partial charge in [-0.15, -0.1) is 0 Å². The lowest BCUT2D eigenvalue weighted by Gasteiger charge is -2.25. The Morgan fingerprint density at radius 1 is 0.727 bits per heavy atom. The highest BCUT2D eigenvalue weighted by atomic mass is 16.2. The first-order chi connectivity index (χ1) is 16.2. The summed E-state index contributed by atoms with van der Waals surface area (Å²) in [5.41, 5.74) is 7.89. The topological polar surface area (TPSA) is 33.2 Å². The molecule has 1 aromatic heterocycles. The first kappa shape index (κ1) is 22.7. The highest BCUT2D eigenvalue weighted by Gasteiger charge is 2.25. The molecule has 3 aromatic carbocycles. The number of amides is 1. The minimum Gasteiger partial charge on any atom is -0.338 e. The second-order valence-corrected chi connectivity index (χ2v) is 8.21. The largest absolute Gasteiger partial charge is 0.338 e. The van der Waals surface area contributed by atoms with Crippen LogP contribution in [0.4, 0.5) is 0 Å². The summed E-state index contributed by atoms with van der Waals surface area (Å²) >= 11 is 0. The summed E-state index contributed by atoms with van der Waals surface area (Å²) in [5.74, 6) is 0.00817. The van der Waals surface area contributed by atoms with E-state index in [0.717, 1.165) is 23.6 Å². The lowest BCUT2D eigenvalue weighted by atomic mass is 9.81. The van der Waals surface area contributed by atoms with Gasteiger partial charge in [-0.1, -0.05) is 74.5 Å². The van der Waals surface area contributed by atoms with Gasteiger partial charge >= 0.3 is 0 Å². The molecule has 4 aromatic rings. The molecule has 1 amide bonds. The van der Waals surface area contributed by atoms with E-state index in [4.69, 9.17) is 0 Å². The Morgan fingerprint density at radius 3 is 1.73 bits per heavy atom. The standard InChI is InChI=1S/C30H32N2O/c1-5-23-25-19-20-31-29(30(33)32(7-3)8-4)28(25)24(6-2)27(22-17-13-10-14-18-22)26(23)21-15-11-9-12-16-21/h9-20H,5-8H2,1-4H3. The summed E-state index contributed by atoms with van der Waals surface area (Å²) in [4.78, 5) is 20.1. The zero-order valence-electron chi connectivity index (χ0n) is 20.1. The van der Waals surface area contributed by atoms with Crippen molar-refractivity contribution in [2.75, 3.05) is 13.1 Å². The fourth-order valence-electron chi connectivity index (χ4n) is 4.97. The molecule has 0 aliphatic rings. The number of hydrogen-bond acceptors (Lipinski definition) is 2. The van der Waals surface area contributed by atoms with Crippen molar-refractivity contribution in [1.29, 1.82) is 0 Å². The van der Waals surface area contributed by atoms with Crippen LogP contribution in [0.25, 0.3) is 33.0 Å². The molecule has 33 heavy (non-hydrogen) atoms. The van der Waals surface area contributed by atoms with Gasteiger partial charge in [0, 0.05) is 24.7 Å². The predicted molar refractivity (Wildman–Crippen MR) is 139 cm³/mol.